The summed E-state index contributed by atoms with van der Waals surface area (Å²) >= 11 is 0. The van der Waals surface area contributed by atoms with Crippen molar-refractivity contribution < 1.29 is 4.79 Å². The molecule has 0 aromatic heterocycles. The average Bonchev–Trinajstić information content (AvgIpc) is 2.85. The van der Waals surface area contributed by atoms with E-state index in [0.717, 1.165) is 35.5 Å². The van der Waals surface area contributed by atoms with Gasteiger partial charge in [0.25, 0.3) is 5.91 Å². The molecule has 1 unspecified atom stereocenters. The van der Waals surface area contributed by atoms with E-state index in [-0.39, 0.29) is 11.6 Å². The Morgan fingerprint density at radius 1 is 0.909 bits per heavy atom. The van der Waals surface area contributed by atoms with E-state index in [1.54, 1.807) is 0 Å². The van der Waals surface area contributed by atoms with E-state index < -0.39 is 5.91 Å². The number of carbonyl (C=O) groups excluding carboxylic acids is 1. The lowest BCUT2D eigenvalue weighted by molar-refractivity contribution is -0.117. The lowest BCUT2D eigenvalue weighted by Gasteiger charge is -2.20. The first-order chi connectivity index (χ1) is 16.1. The van der Waals surface area contributed by atoms with E-state index in [1.807, 2.05) is 67.6 Å². The standard InChI is InChI=1S/C28H28N4O/c1-20(22-12-11-21-7-5-6-8-23(21)17-22)31-28(33)24(18-29)19-30-25-13-15-27(16-14-25)32-26-9-3-2-4-10-26/h2-4,9-17,19-20,30,32H,5-8H2,1H3,(H,31,33)/b24-19-. The zero-order valence-electron chi connectivity index (χ0n) is 18.8. The van der Waals surface area contributed by atoms with E-state index >= 15 is 0 Å². The van der Waals surface area contributed by atoms with Crippen LogP contribution in [-0.2, 0) is 17.6 Å². The van der Waals surface area contributed by atoms with Crippen LogP contribution in [0.3, 0.4) is 0 Å². The SMILES string of the molecule is CC(NC(=O)/C(C#N)=C\Nc1ccc(Nc2ccccc2)cc1)c1ccc2c(c1)CCCC2. The lowest BCUT2D eigenvalue weighted by Crippen LogP contribution is -2.28. The normalized spacial score (nSPS) is 13.9. The van der Waals surface area contributed by atoms with Crippen LogP contribution in [0.15, 0.2) is 84.6 Å². The van der Waals surface area contributed by atoms with Gasteiger partial charge in [0.05, 0.1) is 6.04 Å². The molecule has 3 aromatic carbocycles. The van der Waals surface area contributed by atoms with E-state index in [4.69, 9.17) is 0 Å². The molecular weight excluding hydrogens is 408 g/mol. The Bertz CT molecular complexity index is 1180. The molecule has 0 aliphatic heterocycles. The van der Waals surface area contributed by atoms with Gasteiger partial charge in [-0.1, -0.05) is 36.4 Å². The maximum atomic E-state index is 12.7. The minimum absolute atomic E-state index is 0.0336. The highest BCUT2D eigenvalue weighted by Crippen LogP contribution is 2.25. The molecule has 0 bridgehead atoms. The molecule has 166 valence electrons. The van der Waals surface area contributed by atoms with Gasteiger partial charge < -0.3 is 16.0 Å². The number of anilines is 3. The first-order valence-electron chi connectivity index (χ1n) is 11.3. The van der Waals surface area contributed by atoms with E-state index in [9.17, 15) is 10.1 Å². The quantitative estimate of drug-likeness (QED) is 0.313. The van der Waals surface area contributed by atoms with E-state index in [1.165, 1.54) is 30.2 Å². The molecule has 0 saturated carbocycles. The fraction of sp³-hybridized carbons (Fsp3) is 0.214. The van der Waals surface area contributed by atoms with E-state index in [2.05, 4.69) is 34.1 Å². The zero-order valence-corrected chi connectivity index (χ0v) is 18.8. The van der Waals surface area contributed by atoms with Crippen molar-refractivity contribution in [1.82, 2.24) is 5.32 Å². The summed E-state index contributed by atoms with van der Waals surface area (Å²) in [6.07, 6.45) is 6.14. The molecule has 1 amide bonds. The van der Waals surface area contributed by atoms with Crippen molar-refractivity contribution in [3.63, 3.8) is 0 Å². The third kappa shape index (κ3) is 5.81. The number of rotatable bonds is 7. The number of hydrogen-bond donors (Lipinski definition) is 3. The number of nitrogens with zero attached hydrogens (tertiary/aromatic N) is 1. The fourth-order valence-corrected chi connectivity index (χ4v) is 4.02. The Morgan fingerprint density at radius 3 is 2.30 bits per heavy atom. The van der Waals surface area contributed by atoms with Crippen LogP contribution in [0.2, 0.25) is 0 Å². The molecule has 4 rings (SSSR count). The van der Waals surface area contributed by atoms with Gasteiger partial charge in [-0.15, -0.1) is 0 Å². The van der Waals surface area contributed by atoms with Gasteiger partial charge in [0.2, 0.25) is 0 Å². The number of amides is 1. The Kier molecular flexibility index (Phi) is 7.06. The third-order valence-corrected chi connectivity index (χ3v) is 5.92. The lowest BCUT2D eigenvalue weighted by atomic mass is 9.89. The summed E-state index contributed by atoms with van der Waals surface area (Å²) in [7, 11) is 0. The summed E-state index contributed by atoms with van der Waals surface area (Å²) in [6, 6.07) is 25.8. The number of aryl methyl sites for hydroxylation is 2. The zero-order chi connectivity index (χ0) is 23.0. The number of nitriles is 1. The summed E-state index contributed by atoms with van der Waals surface area (Å²) in [5.74, 6) is -0.391. The van der Waals surface area contributed by atoms with Crippen LogP contribution < -0.4 is 16.0 Å². The molecular formula is C28H28N4O. The van der Waals surface area contributed by atoms with Crippen molar-refractivity contribution in [2.24, 2.45) is 0 Å². The molecule has 0 saturated heterocycles. The fourth-order valence-electron chi connectivity index (χ4n) is 4.02. The van der Waals surface area contributed by atoms with Crippen LogP contribution in [0.4, 0.5) is 17.1 Å². The maximum absolute atomic E-state index is 12.7. The highest BCUT2D eigenvalue weighted by atomic mass is 16.1. The highest BCUT2D eigenvalue weighted by molar-refractivity contribution is 5.97. The van der Waals surface area contributed by atoms with Crippen LogP contribution in [0.1, 0.15) is 42.5 Å². The second-order valence-corrected chi connectivity index (χ2v) is 8.31. The molecule has 3 aromatic rings. The minimum Gasteiger partial charge on any atom is -0.360 e. The Balaban J connectivity index is 1.36. The molecule has 0 fully saturated rings. The van der Waals surface area contributed by atoms with Gasteiger partial charge in [-0.3, -0.25) is 4.79 Å². The Hall–Kier alpha value is -4.04. The Labute approximate surface area is 195 Å². The number of benzene rings is 3. The van der Waals surface area contributed by atoms with Gasteiger partial charge in [0.15, 0.2) is 0 Å². The summed E-state index contributed by atoms with van der Waals surface area (Å²) < 4.78 is 0. The monoisotopic (exact) mass is 436 g/mol. The predicted molar refractivity (Wildman–Crippen MR) is 133 cm³/mol. The number of carbonyl (C=O) groups is 1. The second kappa shape index (κ2) is 10.5. The molecule has 0 radical (unpaired) electrons. The highest BCUT2D eigenvalue weighted by Gasteiger charge is 2.16. The summed E-state index contributed by atoms with van der Waals surface area (Å²) in [6.45, 7) is 1.95. The van der Waals surface area contributed by atoms with Gasteiger partial charge >= 0.3 is 0 Å². The van der Waals surface area contributed by atoms with Crippen molar-refractivity contribution in [3.05, 3.63) is 101 Å². The van der Waals surface area contributed by atoms with Crippen LogP contribution in [0.25, 0.3) is 0 Å². The van der Waals surface area contributed by atoms with Crippen LogP contribution >= 0.6 is 0 Å². The summed E-state index contributed by atoms with van der Waals surface area (Å²) in [5, 5.41) is 18.8. The molecule has 1 atom stereocenters. The second-order valence-electron chi connectivity index (χ2n) is 8.31. The minimum atomic E-state index is -0.391. The van der Waals surface area contributed by atoms with Gasteiger partial charge in [-0.25, -0.2) is 0 Å². The van der Waals surface area contributed by atoms with E-state index in [0.29, 0.717) is 0 Å². The maximum Gasteiger partial charge on any atom is 0.263 e. The van der Waals surface area contributed by atoms with Gasteiger partial charge in [0.1, 0.15) is 11.6 Å². The van der Waals surface area contributed by atoms with Crippen molar-refractivity contribution in [2.45, 2.75) is 38.6 Å². The molecule has 0 spiro atoms. The van der Waals surface area contributed by atoms with Crippen LogP contribution in [0, 0.1) is 11.3 Å². The number of nitrogens with one attached hydrogen (secondary N) is 3. The van der Waals surface area contributed by atoms with Gasteiger partial charge in [0, 0.05) is 23.3 Å². The largest absolute Gasteiger partial charge is 0.360 e. The number of para-hydroxylation sites is 1. The van der Waals surface area contributed by atoms with Crippen molar-refractivity contribution >= 4 is 23.0 Å². The van der Waals surface area contributed by atoms with Crippen molar-refractivity contribution in [3.8, 4) is 6.07 Å². The average molecular weight is 437 g/mol. The molecule has 5 heteroatoms. The van der Waals surface area contributed by atoms with Crippen molar-refractivity contribution in [1.29, 1.82) is 5.26 Å². The third-order valence-electron chi connectivity index (χ3n) is 5.92. The predicted octanol–water partition coefficient (Wildman–Crippen LogP) is 6.01. The Morgan fingerprint density at radius 2 is 1.58 bits per heavy atom. The summed E-state index contributed by atoms with van der Waals surface area (Å²) in [5.41, 5.74) is 6.64. The molecule has 1 aliphatic rings. The molecule has 3 N–H and O–H groups in total. The first kappa shape index (κ1) is 22.2. The van der Waals surface area contributed by atoms with Crippen LogP contribution in [-0.4, -0.2) is 5.91 Å². The summed E-state index contributed by atoms with van der Waals surface area (Å²) in [4.78, 5) is 12.7. The molecule has 0 heterocycles. The van der Waals surface area contributed by atoms with Crippen molar-refractivity contribution in [2.75, 3.05) is 10.6 Å². The molecule has 1 aliphatic carbocycles. The number of hydrogen-bond acceptors (Lipinski definition) is 4. The van der Waals surface area contributed by atoms with Gasteiger partial charge in [-0.2, -0.15) is 5.26 Å². The first-order valence-corrected chi connectivity index (χ1v) is 11.3. The molecule has 33 heavy (non-hydrogen) atoms. The molecule has 5 nitrogen and oxygen atoms in total. The van der Waals surface area contributed by atoms with Crippen LogP contribution in [0.5, 0.6) is 0 Å². The topological polar surface area (TPSA) is 77.0 Å². The number of fused-ring (bicyclic) bond motifs is 1. The van der Waals surface area contributed by atoms with Gasteiger partial charge in [-0.05, 0) is 85.7 Å². The smallest absolute Gasteiger partial charge is 0.263 e.